The number of hydrogen-bond acceptors (Lipinski definition) is 2. The fraction of sp³-hybridized carbons (Fsp3) is 0.333. The number of ether oxygens (including phenoxy) is 1. The van der Waals surface area contributed by atoms with E-state index < -0.39 is 0 Å². The molecule has 2 nitrogen and oxygen atoms in total. The Hall–Kier alpha value is -1.80. The van der Waals surface area contributed by atoms with E-state index in [1.807, 2.05) is 13.1 Å². The lowest BCUT2D eigenvalue weighted by molar-refractivity contribution is 0.317. The van der Waals surface area contributed by atoms with Crippen molar-refractivity contribution < 1.29 is 4.74 Å². The molecule has 0 radical (unpaired) electrons. The van der Waals surface area contributed by atoms with Crippen molar-refractivity contribution in [3.05, 3.63) is 64.7 Å². The Morgan fingerprint density at radius 2 is 1.60 bits per heavy atom. The van der Waals surface area contributed by atoms with Crippen LogP contribution in [0.3, 0.4) is 0 Å². The summed E-state index contributed by atoms with van der Waals surface area (Å²) in [6.07, 6.45) is 0.942. The van der Waals surface area contributed by atoms with Crippen LogP contribution < -0.4 is 10.1 Å². The third kappa shape index (κ3) is 3.84. The summed E-state index contributed by atoms with van der Waals surface area (Å²) in [4.78, 5) is 0. The number of aryl methyl sites for hydroxylation is 2. The molecule has 0 bridgehead atoms. The van der Waals surface area contributed by atoms with Gasteiger partial charge in [0.1, 0.15) is 5.75 Å². The first kappa shape index (κ1) is 14.6. The van der Waals surface area contributed by atoms with Crippen LogP contribution in [0.4, 0.5) is 0 Å². The van der Waals surface area contributed by atoms with E-state index >= 15 is 0 Å². The summed E-state index contributed by atoms with van der Waals surface area (Å²) in [5.41, 5.74) is 5.04. The van der Waals surface area contributed by atoms with Gasteiger partial charge in [-0.05, 0) is 43.1 Å². The fourth-order valence-corrected chi connectivity index (χ4v) is 2.49. The average Bonchev–Trinajstić information content (AvgIpc) is 2.43. The highest BCUT2D eigenvalue weighted by Crippen LogP contribution is 2.25. The van der Waals surface area contributed by atoms with Crippen LogP contribution in [0.5, 0.6) is 5.75 Å². The zero-order valence-electron chi connectivity index (χ0n) is 12.6. The van der Waals surface area contributed by atoms with E-state index in [0.717, 1.165) is 25.3 Å². The molecular formula is C18H23NO. The molecule has 2 heteroatoms. The lowest BCUT2D eigenvalue weighted by Gasteiger charge is -2.14. The van der Waals surface area contributed by atoms with Crippen LogP contribution in [-0.2, 0) is 13.0 Å². The molecule has 0 saturated carbocycles. The summed E-state index contributed by atoms with van der Waals surface area (Å²) in [5, 5.41) is 3.18. The van der Waals surface area contributed by atoms with Gasteiger partial charge >= 0.3 is 0 Å². The maximum Gasteiger partial charge on any atom is 0.125 e. The van der Waals surface area contributed by atoms with E-state index in [0.29, 0.717) is 0 Å². The highest BCUT2D eigenvalue weighted by Gasteiger charge is 2.06. The van der Waals surface area contributed by atoms with E-state index in [2.05, 4.69) is 55.6 Å². The number of benzene rings is 2. The molecule has 0 spiro atoms. The second-order valence-electron chi connectivity index (χ2n) is 5.17. The van der Waals surface area contributed by atoms with Gasteiger partial charge in [0.05, 0.1) is 6.61 Å². The normalized spacial score (nSPS) is 10.6. The van der Waals surface area contributed by atoms with E-state index in [1.165, 1.54) is 22.3 Å². The Labute approximate surface area is 121 Å². The molecule has 2 rings (SSSR count). The Morgan fingerprint density at radius 3 is 2.20 bits per heavy atom. The molecule has 0 aliphatic heterocycles. The molecule has 0 aliphatic carbocycles. The van der Waals surface area contributed by atoms with Crippen LogP contribution in [0, 0.1) is 13.8 Å². The minimum Gasteiger partial charge on any atom is -0.493 e. The summed E-state index contributed by atoms with van der Waals surface area (Å²) >= 11 is 0. The molecule has 0 atom stereocenters. The first-order valence-electron chi connectivity index (χ1n) is 7.12. The minimum absolute atomic E-state index is 0.719. The van der Waals surface area contributed by atoms with E-state index in [1.54, 1.807) is 0 Å². The maximum absolute atomic E-state index is 5.98. The third-order valence-corrected chi connectivity index (χ3v) is 3.38. The highest BCUT2D eigenvalue weighted by atomic mass is 16.5. The summed E-state index contributed by atoms with van der Waals surface area (Å²) in [5.74, 6) is 1.03. The largest absolute Gasteiger partial charge is 0.493 e. The minimum atomic E-state index is 0.719. The fourth-order valence-electron chi connectivity index (χ4n) is 2.49. The number of hydrogen-bond donors (Lipinski definition) is 1. The van der Waals surface area contributed by atoms with Crippen molar-refractivity contribution in [2.45, 2.75) is 26.8 Å². The Balaban J connectivity index is 1.99. The van der Waals surface area contributed by atoms with Crippen LogP contribution in [-0.4, -0.2) is 13.7 Å². The maximum atomic E-state index is 5.98. The summed E-state index contributed by atoms with van der Waals surface area (Å²) in [6, 6.07) is 14.8. The van der Waals surface area contributed by atoms with Crippen molar-refractivity contribution >= 4 is 0 Å². The van der Waals surface area contributed by atoms with Gasteiger partial charge in [-0.1, -0.05) is 42.5 Å². The van der Waals surface area contributed by atoms with Gasteiger partial charge < -0.3 is 10.1 Å². The predicted octanol–water partition coefficient (Wildman–Crippen LogP) is 3.64. The molecule has 1 N–H and O–H groups in total. The van der Waals surface area contributed by atoms with Gasteiger partial charge in [0.2, 0.25) is 0 Å². The van der Waals surface area contributed by atoms with E-state index in [-0.39, 0.29) is 0 Å². The molecule has 0 amide bonds. The second kappa shape index (κ2) is 7.11. The van der Waals surface area contributed by atoms with Crippen LogP contribution >= 0.6 is 0 Å². The van der Waals surface area contributed by atoms with Crippen molar-refractivity contribution in [3.63, 3.8) is 0 Å². The standard InChI is InChI=1S/C18H23NO/c1-14-11-17(13-19-3)12-15(2)18(14)20-10-9-16-7-5-4-6-8-16/h4-8,11-12,19H,9-10,13H2,1-3H3. The predicted molar refractivity (Wildman–Crippen MR) is 84.3 cm³/mol. The van der Waals surface area contributed by atoms with Crippen molar-refractivity contribution in [1.82, 2.24) is 5.32 Å². The monoisotopic (exact) mass is 269 g/mol. The third-order valence-electron chi connectivity index (χ3n) is 3.38. The van der Waals surface area contributed by atoms with Crippen LogP contribution in [0.25, 0.3) is 0 Å². The van der Waals surface area contributed by atoms with Crippen LogP contribution in [0.15, 0.2) is 42.5 Å². The molecule has 0 heterocycles. The molecule has 0 unspecified atom stereocenters. The van der Waals surface area contributed by atoms with Gasteiger partial charge in [-0.15, -0.1) is 0 Å². The van der Waals surface area contributed by atoms with Crippen LogP contribution in [0.2, 0.25) is 0 Å². The van der Waals surface area contributed by atoms with Gasteiger partial charge in [-0.25, -0.2) is 0 Å². The summed E-state index contributed by atoms with van der Waals surface area (Å²) in [7, 11) is 1.97. The molecule has 0 aromatic heterocycles. The molecule has 0 saturated heterocycles. The number of rotatable bonds is 6. The van der Waals surface area contributed by atoms with Gasteiger partial charge in [-0.2, -0.15) is 0 Å². The SMILES string of the molecule is CNCc1cc(C)c(OCCc2ccccc2)c(C)c1. The van der Waals surface area contributed by atoms with Gasteiger partial charge in [0.15, 0.2) is 0 Å². The van der Waals surface area contributed by atoms with Crippen molar-refractivity contribution in [2.24, 2.45) is 0 Å². The lowest BCUT2D eigenvalue weighted by atomic mass is 10.1. The van der Waals surface area contributed by atoms with Crippen molar-refractivity contribution in [1.29, 1.82) is 0 Å². The average molecular weight is 269 g/mol. The molecule has 20 heavy (non-hydrogen) atoms. The zero-order valence-corrected chi connectivity index (χ0v) is 12.6. The highest BCUT2D eigenvalue weighted by molar-refractivity contribution is 5.43. The molecule has 106 valence electrons. The first-order valence-corrected chi connectivity index (χ1v) is 7.12. The first-order chi connectivity index (χ1) is 9.70. The zero-order chi connectivity index (χ0) is 14.4. The lowest BCUT2D eigenvalue weighted by Crippen LogP contribution is -2.07. The van der Waals surface area contributed by atoms with E-state index in [9.17, 15) is 0 Å². The molecule has 2 aromatic carbocycles. The smallest absolute Gasteiger partial charge is 0.125 e. The molecule has 2 aromatic rings. The van der Waals surface area contributed by atoms with Crippen molar-refractivity contribution in [3.8, 4) is 5.75 Å². The second-order valence-corrected chi connectivity index (χ2v) is 5.17. The van der Waals surface area contributed by atoms with Gasteiger partial charge in [-0.3, -0.25) is 0 Å². The van der Waals surface area contributed by atoms with Gasteiger partial charge in [0.25, 0.3) is 0 Å². The van der Waals surface area contributed by atoms with E-state index in [4.69, 9.17) is 4.74 Å². The van der Waals surface area contributed by atoms with Crippen molar-refractivity contribution in [2.75, 3.05) is 13.7 Å². The Morgan fingerprint density at radius 1 is 0.950 bits per heavy atom. The summed E-state index contributed by atoms with van der Waals surface area (Å²) < 4.78 is 5.98. The molecule has 0 fully saturated rings. The molecular weight excluding hydrogens is 246 g/mol. The topological polar surface area (TPSA) is 21.3 Å². The van der Waals surface area contributed by atoms with Crippen LogP contribution in [0.1, 0.15) is 22.3 Å². The molecule has 0 aliphatic rings. The number of nitrogens with one attached hydrogen (secondary N) is 1. The van der Waals surface area contributed by atoms with Gasteiger partial charge in [0, 0.05) is 13.0 Å². The Kier molecular flexibility index (Phi) is 5.19. The Bertz CT molecular complexity index is 526. The quantitative estimate of drug-likeness (QED) is 0.864. The summed E-state index contributed by atoms with van der Waals surface area (Å²) in [6.45, 7) is 5.84.